The average molecular weight is 175 g/mol. The van der Waals surface area contributed by atoms with E-state index in [1.807, 2.05) is 10.6 Å². The van der Waals surface area contributed by atoms with Gasteiger partial charge in [0.25, 0.3) is 5.56 Å². The largest absolute Gasteiger partial charge is 0.307 e. The van der Waals surface area contributed by atoms with Crippen LogP contribution < -0.4 is 5.56 Å². The Hall–Kier alpha value is -1.58. The Morgan fingerprint density at radius 1 is 1.54 bits per heavy atom. The van der Waals surface area contributed by atoms with Crippen LogP contribution >= 0.6 is 0 Å². The van der Waals surface area contributed by atoms with Crippen LogP contribution in [0, 0.1) is 0 Å². The Balaban J connectivity index is 2.40. The zero-order valence-electron chi connectivity index (χ0n) is 7.03. The van der Waals surface area contributed by atoms with Crippen molar-refractivity contribution in [3.05, 3.63) is 34.4 Å². The van der Waals surface area contributed by atoms with Crippen LogP contribution in [0.2, 0.25) is 0 Å². The Morgan fingerprint density at radius 2 is 2.38 bits per heavy atom. The molecule has 0 spiro atoms. The molecule has 0 radical (unpaired) electrons. The van der Waals surface area contributed by atoms with Crippen molar-refractivity contribution in [3.8, 4) is 0 Å². The van der Waals surface area contributed by atoms with Gasteiger partial charge in [-0.3, -0.25) is 4.79 Å². The van der Waals surface area contributed by atoms with Crippen LogP contribution in [0.1, 0.15) is 24.5 Å². The highest BCUT2D eigenvalue weighted by molar-refractivity contribution is 5.38. The van der Waals surface area contributed by atoms with Crippen molar-refractivity contribution >= 4 is 5.65 Å². The summed E-state index contributed by atoms with van der Waals surface area (Å²) in [5.74, 6) is 0.546. The van der Waals surface area contributed by atoms with E-state index in [1.165, 1.54) is 12.8 Å². The van der Waals surface area contributed by atoms with E-state index in [2.05, 4.69) is 10.1 Å². The van der Waals surface area contributed by atoms with Crippen LogP contribution in [0.15, 0.2) is 23.1 Å². The maximum Gasteiger partial charge on any atom is 0.251 e. The normalized spacial score (nSPS) is 16.6. The molecule has 0 bridgehead atoms. The summed E-state index contributed by atoms with van der Waals surface area (Å²) in [6.45, 7) is 0. The summed E-state index contributed by atoms with van der Waals surface area (Å²) in [5.41, 5.74) is 1.80. The molecule has 0 aromatic carbocycles. The monoisotopic (exact) mass is 175 g/mol. The Labute approximate surface area is 74.2 Å². The van der Waals surface area contributed by atoms with E-state index in [4.69, 9.17) is 0 Å². The van der Waals surface area contributed by atoms with Gasteiger partial charge in [0.2, 0.25) is 0 Å². The third-order valence-corrected chi connectivity index (χ3v) is 2.41. The fraction of sp³-hybridized carbons (Fsp3) is 0.333. The first-order chi connectivity index (χ1) is 6.34. The topological polar surface area (TPSA) is 50.2 Å². The van der Waals surface area contributed by atoms with Crippen molar-refractivity contribution in [1.29, 1.82) is 0 Å². The van der Waals surface area contributed by atoms with E-state index in [0.29, 0.717) is 5.92 Å². The van der Waals surface area contributed by atoms with Gasteiger partial charge in [0.15, 0.2) is 0 Å². The van der Waals surface area contributed by atoms with E-state index in [0.717, 1.165) is 11.3 Å². The van der Waals surface area contributed by atoms with Crippen molar-refractivity contribution in [3.63, 3.8) is 0 Å². The van der Waals surface area contributed by atoms with E-state index in [-0.39, 0.29) is 5.56 Å². The molecule has 1 N–H and O–H groups in total. The van der Waals surface area contributed by atoms with Crippen LogP contribution in [-0.4, -0.2) is 14.6 Å². The summed E-state index contributed by atoms with van der Waals surface area (Å²) in [4.78, 5) is 14.0. The molecule has 66 valence electrons. The highest BCUT2D eigenvalue weighted by Gasteiger charge is 2.26. The second kappa shape index (κ2) is 2.22. The lowest BCUT2D eigenvalue weighted by Crippen LogP contribution is -2.10. The van der Waals surface area contributed by atoms with Crippen molar-refractivity contribution in [2.24, 2.45) is 0 Å². The van der Waals surface area contributed by atoms with Crippen LogP contribution in [0.25, 0.3) is 5.65 Å². The van der Waals surface area contributed by atoms with Gasteiger partial charge in [0.05, 0.1) is 11.9 Å². The van der Waals surface area contributed by atoms with Gasteiger partial charge in [-0.25, -0.2) is 4.52 Å². The molecule has 4 nitrogen and oxygen atoms in total. The maximum atomic E-state index is 11.2. The molecular weight excluding hydrogens is 166 g/mol. The van der Waals surface area contributed by atoms with E-state index >= 15 is 0 Å². The van der Waals surface area contributed by atoms with Crippen molar-refractivity contribution in [2.75, 3.05) is 0 Å². The number of hydrogen-bond donors (Lipinski definition) is 1. The average Bonchev–Trinajstić information content (AvgIpc) is 2.84. The molecule has 0 aliphatic heterocycles. The van der Waals surface area contributed by atoms with E-state index < -0.39 is 0 Å². The minimum Gasteiger partial charge on any atom is -0.307 e. The maximum absolute atomic E-state index is 11.2. The molecule has 2 heterocycles. The minimum absolute atomic E-state index is 0.0325. The summed E-state index contributed by atoms with van der Waals surface area (Å²) in [5, 5.41) is 4.17. The van der Waals surface area contributed by atoms with Crippen LogP contribution in [0.5, 0.6) is 0 Å². The van der Waals surface area contributed by atoms with Gasteiger partial charge in [0, 0.05) is 18.1 Å². The third kappa shape index (κ3) is 0.983. The summed E-state index contributed by atoms with van der Waals surface area (Å²) >= 11 is 0. The first-order valence-corrected chi connectivity index (χ1v) is 4.41. The number of rotatable bonds is 1. The van der Waals surface area contributed by atoms with Crippen molar-refractivity contribution in [2.45, 2.75) is 18.8 Å². The zero-order valence-corrected chi connectivity index (χ0v) is 7.03. The molecule has 1 fully saturated rings. The molecule has 0 atom stereocenters. The second-order valence-corrected chi connectivity index (χ2v) is 3.46. The minimum atomic E-state index is -0.0325. The fourth-order valence-electron chi connectivity index (χ4n) is 1.63. The zero-order chi connectivity index (χ0) is 8.84. The van der Waals surface area contributed by atoms with Gasteiger partial charge < -0.3 is 4.98 Å². The van der Waals surface area contributed by atoms with E-state index in [9.17, 15) is 4.79 Å². The smallest absolute Gasteiger partial charge is 0.251 e. The van der Waals surface area contributed by atoms with Gasteiger partial charge in [-0.15, -0.1) is 0 Å². The molecule has 0 unspecified atom stereocenters. The highest BCUT2D eigenvalue weighted by atomic mass is 16.1. The van der Waals surface area contributed by atoms with E-state index in [1.54, 1.807) is 12.3 Å². The van der Waals surface area contributed by atoms with Gasteiger partial charge in [-0.2, -0.15) is 5.10 Å². The lowest BCUT2D eigenvalue weighted by molar-refractivity contribution is 0.835. The van der Waals surface area contributed by atoms with Gasteiger partial charge >= 0.3 is 0 Å². The van der Waals surface area contributed by atoms with Crippen LogP contribution in [0.3, 0.4) is 0 Å². The fourth-order valence-corrected chi connectivity index (χ4v) is 1.63. The Morgan fingerprint density at radius 3 is 3.15 bits per heavy atom. The summed E-state index contributed by atoms with van der Waals surface area (Å²) < 4.78 is 1.82. The summed E-state index contributed by atoms with van der Waals surface area (Å²) in [6.07, 6.45) is 4.06. The molecular formula is C9H9N3O. The van der Waals surface area contributed by atoms with Crippen molar-refractivity contribution < 1.29 is 0 Å². The SMILES string of the molecule is O=c1cc(C2CC2)n2nccc2[nH]1. The molecule has 3 rings (SSSR count). The molecule has 4 heteroatoms. The number of nitrogens with zero attached hydrogens (tertiary/aromatic N) is 2. The standard InChI is InChI=1S/C9H9N3O/c13-9-5-7(6-1-2-6)12-8(11-9)3-4-10-12/h3-6H,1-2H2,(H,11,13). The number of nitrogens with one attached hydrogen (secondary N) is 1. The molecule has 2 aromatic rings. The predicted molar refractivity (Wildman–Crippen MR) is 47.8 cm³/mol. The summed E-state index contributed by atoms with van der Waals surface area (Å²) in [6, 6.07) is 3.46. The first kappa shape index (κ1) is 6.88. The molecule has 1 aliphatic rings. The molecule has 2 aromatic heterocycles. The second-order valence-electron chi connectivity index (χ2n) is 3.46. The number of fused-ring (bicyclic) bond motifs is 1. The number of aromatic nitrogens is 3. The molecule has 0 amide bonds. The first-order valence-electron chi connectivity index (χ1n) is 4.41. The third-order valence-electron chi connectivity index (χ3n) is 2.41. The van der Waals surface area contributed by atoms with Crippen molar-refractivity contribution in [1.82, 2.24) is 14.6 Å². The molecule has 13 heavy (non-hydrogen) atoms. The van der Waals surface area contributed by atoms with Gasteiger partial charge in [-0.1, -0.05) is 0 Å². The van der Waals surface area contributed by atoms with Gasteiger partial charge in [0.1, 0.15) is 5.65 Å². The Bertz CT molecular complexity index is 507. The lowest BCUT2D eigenvalue weighted by atomic mass is 10.3. The number of aromatic amines is 1. The highest BCUT2D eigenvalue weighted by Crippen LogP contribution is 2.39. The van der Waals surface area contributed by atoms with Gasteiger partial charge in [-0.05, 0) is 12.8 Å². The molecule has 1 saturated carbocycles. The van der Waals surface area contributed by atoms with Crippen LogP contribution in [-0.2, 0) is 0 Å². The summed E-state index contributed by atoms with van der Waals surface area (Å²) in [7, 11) is 0. The number of H-pyrrole nitrogens is 1. The predicted octanol–water partition coefficient (Wildman–Crippen LogP) is 0.900. The quantitative estimate of drug-likeness (QED) is 0.700. The lowest BCUT2D eigenvalue weighted by Gasteiger charge is -2.00. The van der Waals surface area contributed by atoms with Crippen LogP contribution in [0.4, 0.5) is 0 Å². The Kier molecular flexibility index (Phi) is 1.17. The number of hydrogen-bond acceptors (Lipinski definition) is 2. The molecule has 0 saturated heterocycles. The molecule has 1 aliphatic carbocycles.